The molecule has 0 saturated carbocycles. The van der Waals surface area contributed by atoms with Crippen molar-refractivity contribution in [3.8, 4) is 5.82 Å². The molecule has 0 fully saturated rings. The summed E-state index contributed by atoms with van der Waals surface area (Å²) in [5.74, 6) is 0.709. The van der Waals surface area contributed by atoms with Crippen molar-refractivity contribution in [2.75, 3.05) is 7.05 Å². The van der Waals surface area contributed by atoms with E-state index in [0.717, 1.165) is 16.7 Å². The van der Waals surface area contributed by atoms with Crippen molar-refractivity contribution < 1.29 is 0 Å². The predicted molar refractivity (Wildman–Crippen MR) is 59.6 cm³/mol. The summed E-state index contributed by atoms with van der Waals surface area (Å²) in [6.45, 7) is 0.718. The Hall–Kier alpha value is -1.27. The number of nitrogens with one attached hydrogen (secondary N) is 1. The van der Waals surface area contributed by atoms with E-state index in [1.165, 1.54) is 0 Å². The lowest BCUT2D eigenvalue weighted by Crippen LogP contribution is -2.09. The van der Waals surface area contributed by atoms with Crippen LogP contribution in [0.1, 0.15) is 5.69 Å². The molecule has 0 unspecified atom stereocenters. The van der Waals surface area contributed by atoms with Crippen LogP contribution < -0.4 is 5.32 Å². The Labute approximate surface area is 95.7 Å². The minimum atomic E-state index is 0.709. The monoisotopic (exact) mass is 267 g/mol. The van der Waals surface area contributed by atoms with Gasteiger partial charge in [0.15, 0.2) is 5.82 Å². The molecule has 0 aliphatic rings. The zero-order valence-corrected chi connectivity index (χ0v) is 9.77. The summed E-state index contributed by atoms with van der Waals surface area (Å²) < 4.78 is 2.59. The van der Waals surface area contributed by atoms with E-state index in [2.05, 4.69) is 36.5 Å². The lowest BCUT2D eigenvalue weighted by molar-refractivity contribution is 0.745. The molecule has 6 heteroatoms. The van der Waals surface area contributed by atoms with Crippen LogP contribution in [0, 0.1) is 0 Å². The predicted octanol–water partition coefficient (Wildman–Crippen LogP) is 1.14. The van der Waals surface area contributed by atoms with Gasteiger partial charge in [-0.15, -0.1) is 5.10 Å². The Balaban J connectivity index is 2.23. The van der Waals surface area contributed by atoms with Gasteiger partial charge in [0.1, 0.15) is 0 Å². The zero-order valence-electron chi connectivity index (χ0n) is 8.18. The molecule has 2 heterocycles. The highest BCUT2D eigenvalue weighted by molar-refractivity contribution is 9.10. The van der Waals surface area contributed by atoms with E-state index in [9.17, 15) is 0 Å². The topological polar surface area (TPSA) is 55.6 Å². The molecular formula is C9H10BrN5. The first-order chi connectivity index (χ1) is 7.29. The Morgan fingerprint density at radius 1 is 1.40 bits per heavy atom. The van der Waals surface area contributed by atoms with E-state index in [4.69, 9.17) is 0 Å². The second-order valence-corrected chi connectivity index (χ2v) is 3.93. The number of hydrogen-bond donors (Lipinski definition) is 1. The molecule has 0 bridgehead atoms. The van der Waals surface area contributed by atoms with Gasteiger partial charge in [-0.2, -0.15) is 10.2 Å². The fraction of sp³-hybridized carbons (Fsp3) is 0.222. The van der Waals surface area contributed by atoms with Crippen molar-refractivity contribution >= 4 is 15.9 Å². The summed E-state index contributed by atoms with van der Waals surface area (Å²) in [6, 6.07) is 3.81. The third-order valence-electron chi connectivity index (χ3n) is 1.85. The number of nitrogens with zero attached hydrogens (tertiary/aromatic N) is 4. The Bertz CT molecular complexity index is 436. The summed E-state index contributed by atoms with van der Waals surface area (Å²) in [5, 5.41) is 15.3. The highest BCUT2D eigenvalue weighted by atomic mass is 79.9. The first kappa shape index (κ1) is 10.3. The molecule has 0 aromatic carbocycles. The quantitative estimate of drug-likeness (QED) is 0.907. The summed E-state index contributed by atoms with van der Waals surface area (Å²) in [7, 11) is 1.88. The minimum absolute atomic E-state index is 0.709. The largest absolute Gasteiger partial charge is 0.314 e. The standard InChI is InChI=1S/C9H10BrN5/c1-11-5-8-2-3-9(14-13-8)15-6-7(10)4-12-15/h2-4,6,11H,5H2,1H3. The SMILES string of the molecule is CNCc1ccc(-n2cc(Br)cn2)nn1. The fourth-order valence-corrected chi connectivity index (χ4v) is 1.46. The highest BCUT2D eigenvalue weighted by Gasteiger charge is 2.01. The van der Waals surface area contributed by atoms with Crippen LogP contribution >= 0.6 is 15.9 Å². The van der Waals surface area contributed by atoms with Crippen molar-refractivity contribution in [3.63, 3.8) is 0 Å². The van der Waals surface area contributed by atoms with Gasteiger partial charge in [-0.05, 0) is 35.1 Å². The maximum atomic E-state index is 4.11. The van der Waals surface area contributed by atoms with Gasteiger partial charge in [0.2, 0.25) is 0 Å². The van der Waals surface area contributed by atoms with E-state index in [-0.39, 0.29) is 0 Å². The van der Waals surface area contributed by atoms with Crippen molar-refractivity contribution in [1.29, 1.82) is 0 Å². The first-order valence-electron chi connectivity index (χ1n) is 4.47. The van der Waals surface area contributed by atoms with E-state index >= 15 is 0 Å². The van der Waals surface area contributed by atoms with E-state index in [0.29, 0.717) is 5.82 Å². The second kappa shape index (κ2) is 4.50. The van der Waals surface area contributed by atoms with Crippen LogP contribution in [0.5, 0.6) is 0 Å². The zero-order chi connectivity index (χ0) is 10.7. The molecule has 0 spiro atoms. The lowest BCUT2D eigenvalue weighted by atomic mass is 10.4. The van der Waals surface area contributed by atoms with E-state index in [1.807, 2.05) is 25.4 Å². The molecule has 1 N–H and O–H groups in total. The van der Waals surface area contributed by atoms with Gasteiger partial charge in [0, 0.05) is 12.7 Å². The van der Waals surface area contributed by atoms with Crippen molar-refractivity contribution in [3.05, 3.63) is 34.7 Å². The van der Waals surface area contributed by atoms with Crippen molar-refractivity contribution in [2.24, 2.45) is 0 Å². The van der Waals surface area contributed by atoms with Crippen LogP contribution in [-0.2, 0) is 6.54 Å². The molecule has 15 heavy (non-hydrogen) atoms. The van der Waals surface area contributed by atoms with E-state index < -0.39 is 0 Å². The Morgan fingerprint density at radius 3 is 2.80 bits per heavy atom. The van der Waals surface area contributed by atoms with Gasteiger partial charge in [-0.1, -0.05) is 0 Å². The second-order valence-electron chi connectivity index (χ2n) is 3.02. The molecule has 0 radical (unpaired) electrons. The average molecular weight is 268 g/mol. The average Bonchev–Trinajstić information content (AvgIpc) is 2.67. The van der Waals surface area contributed by atoms with Crippen molar-refractivity contribution in [1.82, 2.24) is 25.3 Å². The molecule has 0 amide bonds. The molecule has 0 aliphatic carbocycles. The van der Waals surface area contributed by atoms with E-state index in [1.54, 1.807) is 10.9 Å². The minimum Gasteiger partial charge on any atom is -0.314 e. The molecule has 78 valence electrons. The molecule has 0 atom stereocenters. The summed E-state index contributed by atoms with van der Waals surface area (Å²) in [4.78, 5) is 0. The highest BCUT2D eigenvalue weighted by Crippen LogP contribution is 2.10. The van der Waals surface area contributed by atoms with Gasteiger partial charge < -0.3 is 5.32 Å². The Morgan fingerprint density at radius 2 is 2.27 bits per heavy atom. The van der Waals surface area contributed by atoms with Crippen LogP contribution in [0.3, 0.4) is 0 Å². The van der Waals surface area contributed by atoms with Crippen molar-refractivity contribution in [2.45, 2.75) is 6.54 Å². The fourth-order valence-electron chi connectivity index (χ4n) is 1.18. The smallest absolute Gasteiger partial charge is 0.175 e. The first-order valence-corrected chi connectivity index (χ1v) is 5.26. The maximum Gasteiger partial charge on any atom is 0.175 e. The van der Waals surface area contributed by atoms with Crippen LogP contribution in [0.15, 0.2) is 29.0 Å². The number of hydrogen-bond acceptors (Lipinski definition) is 4. The Kier molecular flexibility index (Phi) is 3.08. The summed E-state index contributed by atoms with van der Waals surface area (Å²) in [5.41, 5.74) is 0.910. The number of halogens is 1. The summed E-state index contributed by atoms with van der Waals surface area (Å²) in [6.07, 6.45) is 3.55. The van der Waals surface area contributed by atoms with Crippen LogP contribution in [-0.4, -0.2) is 27.0 Å². The molecule has 2 aromatic heterocycles. The third-order valence-corrected chi connectivity index (χ3v) is 2.26. The summed E-state index contributed by atoms with van der Waals surface area (Å²) >= 11 is 3.33. The maximum absolute atomic E-state index is 4.11. The molecule has 0 aliphatic heterocycles. The van der Waals surface area contributed by atoms with Crippen LogP contribution in [0.25, 0.3) is 5.82 Å². The van der Waals surface area contributed by atoms with Crippen LogP contribution in [0.4, 0.5) is 0 Å². The number of rotatable bonds is 3. The molecular weight excluding hydrogens is 258 g/mol. The van der Waals surface area contributed by atoms with Gasteiger partial charge in [-0.3, -0.25) is 0 Å². The molecule has 0 saturated heterocycles. The molecule has 2 aromatic rings. The van der Waals surface area contributed by atoms with Gasteiger partial charge in [-0.25, -0.2) is 4.68 Å². The van der Waals surface area contributed by atoms with Gasteiger partial charge in [0.25, 0.3) is 0 Å². The third kappa shape index (κ3) is 2.40. The van der Waals surface area contributed by atoms with Gasteiger partial charge >= 0.3 is 0 Å². The van der Waals surface area contributed by atoms with Gasteiger partial charge in [0.05, 0.1) is 16.4 Å². The molecule has 5 nitrogen and oxygen atoms in total. The number of aromatic nitrogens is 4. The normalized spacial score (nSPS) is 10.5. The lowest BCUT2D eigenvalue weighted by Gasteiger charge is -2.00. The van der Waals surface area contributed by atoms with Crippen LogP contribution in [0.2, 0.25) is 0 Å². The molecule has 2 rings (SSSR count).